The Labute approximate surface area is 95.7 Å². The van der Waals surface area contributed by atoms with Crippen LogP contribution in [-0.4, -0.2) is 6.21 Å². The molecule has 0 atom stereocenters. The minimum absolute atomic E-state index is 0.164. The number of anilines is 1. The fraction of sp³-hybridized carbons (Fsp3) is 0.308. The van der Waals surface area contributed by atoms with E-state index >= 15 is 0 Å². The molecule has 3 heteroatoms. The third-order valence-corrected chi connectivity index (χ3v) is 2.22. The van der Waals surface area contributed by atoms with Crippen LogP contribution in [0.15, 0.2) is 29.3 Å². The summed E-state index contributed by atoms with van der Waals surface area (Å²) >= 11 is 0. The molecular formula is C13H17FN2. The van der Waals surface area contributed by atoms with Gasteiger partial charge in [0.25, 0.3) is 0 Å². The molecule has 0 radical (unpaired) electrons. The molecule has 16 heavy (non-hydrogen) atoms. The van der Waals surface area contributed by atoms with Crippen molar-refractivity contribution in [3.05, 3.63) is 35.7 Å². The highest BCUT2D eigenvalue weighted by molar-refractivity contribution is 5.74. The fourth-order valence-corrected chi connectivity index (χ4v) is 1.29. The zero-order valence-electron chi connectivity index (χ0n) is 9.70. The third-order valence-electron chi connectivity index (χ3n) is 2.22. The average Bonchev–Trinajstić information content (AvgIpc) is 2.29. The van der Waals surface area contributed by atoms with Crippen molar-refractivity contribution in [2.24, 2.45) is 4.99 Å². The van der Waals surface area contributed by atoms with Gasteiger partial charge in [0.15, 0.2) is 0 Å². The van der Waals surface area contributed by atoms with E-state index in [9.17, 15) is 4.39 Å². The van der Waals surface area contributed by atoms with Crippen LogP contribution in [0.4, 0.5) is 10.1 Å². The summed E-state index contributed by atoms with van der Waals surface area (Å²) in [6, 6.07) is 4.74. The van der Waals surface area contributed by atoms with E-state index in [-0.39, 0.29) is 5.69 Å². The molecule has 0 amide bonds. The van der Waals surface area contributed by atoms with E-state index in [4.69, 9.17) is 5.73 Å². The van der Waals surface area contributed by atoms with E-state index in [0.717, 1.165) is 24.1 Å². The summed E-state index contributed by atoms with van der Waals surface area (Å²) in [6.07, 6.45) is 5.69. The second-order valence-electron chi connectivity index (χ2n) is 3.51. The lowest BCUT2D eigenvalue weighted by Crippen LogP contribution is -1.92. The van der Waals surface area contributed by atoms with Crippen molar-refractivity contribution in [1.29, 1.82) is 0 Å². The average molecular weight is 220 g/mol. The number of halogens is 1. The topological polar surface area (TPSA) is 38.4 Å². The Bertz CT molecular complexity index is 408. The fourth-order valence-electron chi connectivity index (χ4n) is 1.29. The number of benzene rings is 1. The highest BCUT2D eigenvalue weighted by Crippen LogP contribution is 2.20. The zero-order valence-corrected chi connectivity index (χ0v) is 9.70. The molecule has 86 valence electrons. The summed E-state index contributed by atoms with van der Waals surface area (Å²) < 4.78 is 13.3. The van der Waals surface area contributed by atoms with Crippen molar-refractivity contribution in [1.82, 2.24) is 0 Å². The molecule has 0 aliphatic rings. The molecular weight excluding hydrogens is 203 g/mol. The summed E-state index contributed by atoms with van der Waals surface area (Å²) in [7, 11) is 0. The maximum Gasteiger partial charge on any atom is 0.146 e. The number of hydrogen-bond donors (Lipinski definition) is 1. The van der Waals surface area contributed by atoms with Gasteiger partial charge in [0.2, 0.25) is 0 Å². The number of unbranched alkanes of at least 4 members (excludes halogenated alkanes) is 1. The van der Waals surface area contributed by atoms with E-state index in [2.05, 4.69) is 11.9 Å². The van der Waals surface area contributed by atoms with Crippen LogP contribution in [0.2, 0.25) is 0 Å². The maximum atomic E-state index is 13.3. The summed E-state index contributed by atoms with van der Waals surface area (Å²) in [5.41, 5.74) is 7.10. The number of hydrogen-bond acceptors (Lipinski definition) is 2. The van der Waals surface area contributed by atoms with Gasteiger partial charge in [-0.15, -0.1) is 0 Å². The SMILES string of the molecule is C/C=C(\N=C/CCC)c1ccc(N)c(F)c1. The van der Waals surface area contributed by atoms with E-state index in [1.54, 1.807) is 12.1 Å². The smallest absolute Gasteiger partial charge is 0.146 e. The molecule has 2 N–H and O–H groups in total. The molecule has 1 aromatic carbocycles. The Morgan fingerprint density at radius 3 is 2.81 bits per heavy atom. The molecule has 0 bridgehead atoms. The second-order valence-corrected chi connectivity index (χ2v) is 3.51. The van der Waals surface area contributed by atoms with Crippen molar-refractivity contribution < 1.29 is 4.39 Å². The summed E-state index contributed by atoms with van der Waals surface area (Å²) in [5.74, 6) is -0.400. The molecule has 1 aromatic rings. The molecule has 0 fully saturated rings. The quantitative estimate of drug-likeness (QED) is 0.610. The summed E-state index contributed by atoms with van der Waals surface area (Å²) in [6.45, 7) is 3.97. The van der Waals surface area contributed by atoms with Crippen LogP contribution in [0.3, 0.4) is 0 Å². The first-order chi connectivity index (χ1) is 7.69. The number of nitrogens with two attached hydrogens (primary N) is 1. The van der Waals surface area contributed by atoms with Gasteiger partial charge in [-0.05, 0) is 25.5 Å². The molecule has 0 aromatic heterocycles. The van der Waals surface area contributed by atoms with Gasteiger partial charge in [-0.3, -0.25) is 4.99 Å². The van der Waals surface area contributed by atoms with Crippen LogP contribution in [0.1, 0.15) is 32.3 Å². The van der Waals surface area contributed by atoms with E-state index in [1.165, 1.54) is 6.07 Å². The van der Waals surface area contributed by atoms with Crippen molar-refractivity contribution in [3.63, 3.8) is 0 Å². The number of nitrogens with zero attached hydrogens (tertiary/aromatic N) is 1. The molecule has 0 aliphatic carbocycles. The monoisotopic (exact) mass is 220 g/mol. The van der Waals surface area contributed by atoms with Crippen LogP contribution in [-0.2, 0) is 0 Å². The van der Waals surface area contributed by atoms with Gasteiger partial charge in [-0.2, -0.15) is 0 Å². The van der Waals surface area contributed by atoms with Crippen molar-refractivity contribution in [2.45, 2.75) is 26.7 Å². The molecule has 0 saturated carbocycles. The lowest BCUT2D eigenvalue weighted by molar-refractivity contribution is 0.632. The minimum Gasteiger partial charge on any atom is -0.396 e. The highest BCUT2D eigenvalue weighted by Gasteiger charge is 2.02. The summed E-state index contributed by atoms with van der Waals surface area (Å²) in [4.78, 5) is 4.30. The van der Waals surface area contributed by atoms with Gasteiger partial charge < -0.3 is 5.73 Å². The minimum atomic E-state index is -0.400. The first-order valence-corrected chi connectivity index (χ1v) is 5.43. The maximum absolute atomic E-state index is 13.3. The largest absolute Gasteiger partial charge is 0.396 e. The molecule has 0 aliphatic heterocycles. The Hall–Kier alpha value is -1.64. The van der Waals surface area contributed by atoms with Gasteiger partial charge in [0.1, 0.15) is 5.82 Å². The number of nitrogen functional groups attached to an aromatic ring is 1. The molecule has 2 nitrogen and oxygen atoms in total. The Balaban J connectivity index is 2.92. The summed E-state index contributed by atoms with van der Waals surface area (Å²) in [5, 5.41) is 0. The van der Waals surface area contributed by atoms with E-state index < -0.39 is 5.82 Å². The third kappa shape index (κ3) is 3.19. The van der Waals surface area contributed by atoms with Gasteiger partial charge in [0, 0.05) is 11.8 Å². The number of aliphatic imine (C=N–C) groups is 1. The van der Waals surface area contributed by atoms with Crippen LogP contribution in [0.5, 0.6) is 0 Å². The normalized spacial score (nSPS) is 12.3. The first kappa shape index (κ1) is 12.4. The number of rotatable bonds is 4. The van der Waals surface area contributed by atoms with Crippen molar-refractivity contribution in [3.8, 4) is 0 Å². The standard InChI is InChI=1S/C13H17FN2/c1-3-5-8-16-13(4-2)10-6-7-12(15)11(14)9-10/h4,6-9H,3,5,15H2,1-2H3/b13-4-,16-8-. The number of allylic oxidation sites excluding steroid dienone is 1. The van der Waals surface area contributed by atoms with Gasteiger partial charge in [0.05, 0.1) is 11.4 Å². The van der Waals surface area contributed by atoms with Crippen LogP contribution in [0, 0.1) is 5.82 Å². The van der Waals surface area contributed by atoms with Crippen molar-refractivity contribution >= 4 is 17.6 Å². The second kappa shape index (κ2) is 6.05. The van der Waals surface area contributed by atoms with Gasteiger partial charge >= 0.3 is 0 Å². The molecule has 1 rings (SSSR count). The lowest BCUT2D eigenvalue weighted by atomic mass is 10.1. The van der Waals surface area contributed by atoms with Gasteiger partial charge in [-0.1, -0.05) is 25.5 Å². The first-order valence-electron chi connectivity index (χ1n) is 5.43. The van der Waals surface area contributed by atoms with Gasteiger partial charge in [-0.25, -0.2) is 4.39 Å². The van der Waals surface area contributed by atoms with Crippen LogP contribution in [0.25, 0.3) is 5.70 Å². The predicted molar refractivity (Wildman–Crippen MR) is 67.9 cm³/mol. The van der Waals surface area contributed by atoms with Crippen molar-refractivity contribution in [2.75, 3.05) is 5.73 Å². The Kier molecular flexibility index (Phi) is 4.70. The molecule has 0 saturated heterocycles. The van der Waals surface area contributed by atoms with Crippen LogP contribution < -0.4 is 5.73 Å². The molecule has 0 heterocycles. The predicted octanol–water partition coefficient (Wildman–Crippen LogP) is 3.64. The molecule has 0 unspecified atom stereocenters. The Morgan fingerprint density at radius 2 is 2.25 bits per heavy atom. The highest BCUT2D eigenvalue weighted by atomic mass is 19.1. The van der Waals surface area contributed by atoms with Crippen LogP contribution >= 0.6 is 0 Å². The van der Waals surface area contributed by atoms with E-state index in [0.29, 0.717) is 0 Å². The Morgan fingerprint density at radius 1 is 1.50 bits per heavy atom. The lowest BCUT2D eigenvalue weighted by Gasteiger charge is -2.03. The van der Waals surface area contributed by atoms with E-state index in [1.807, 2.05) is 19.2 Å². The zero-order chi connectivity index (χ0) is 12.0. The molecule has 0 spiro atoms.